The standard InChI is InChI=1S/C16H15N3O/c1-3-15-14-5-4-10-17-16(14)19(18-15)11-12-6-8-13(20-2)9-7-12/h3-10H,1,11H2,2H3. The maximum atomic E-state index is 5.16. The third-order valence-electron chi connectivity index (χ3n) is 3.22. The Morgan fingerprint density at radius 1 is 1.25 bits per heavy atom. The van der Waals surface area contributed by atoms with E-state index in [1.165, 1.54) is 0 Å². The average molecular weight is 265 g/mol. The summed E-state index contributed by atoms with van der Waals surface area (Å²) in [6, 6.07) is 11.9. The highest BCUT2D eigenvalue weighted by Gasteiger charge is 2.09. The lowest BCUT2D eigenvalue weighted by Gasteiger charge is -2.04. The molecule has 0 amide bonds. The van der Waals surface area contributed by atoms with E-state index in [-0.39, 0.29) is 0 Å². The third kappa shape index (κ3) is 2.16. The van der Waals surface area contributed by atoms with Crippen LogP contribution in [0, 0.1) is 0 Å². The summed E-state index contributed by atoms with van der Waals surface area (Å²) in [5.41, 5.74) is 2.89. The molecule has 0 aliphatic carbocycles. The van der Waals surface area contributed by atoms with Crippen molar-refractivity contribution in [3.05, 3.63) is 60.4 Å². The van der Waals surface area contributed by atoms with Gasteiger partial charge in [0.15, 0.2) is 5.65 Å². The Labute approximate surface area is 117 Å². The number of benzene rings is 1. The number of aromatic nitrogens is 3. The lowest BCUT2D eigenvalue weighted by atomic mass is 10.2. The Hall–Kier alpha value is -2.62. The molecule has 3 aromatic rings. The zero-order chi connectivity index (χ0) is 13.9. The van der Waals surface area contributed by atoms with Crippen molar-refractivity contribution in [2.45, 2.75) is 6.54 Å². The number of hydrogen-bond acceptors (Lipinski definition) is 3. The molecule has 0 unspecified atom stereocenters. The van der Waals surface area contributed by atoms with Gasteiger partial charge in [-0.25, -0.2) is 9.67 Å². The normalized spacial score (nSPS) is 10.7. The lowest BCUT2D eigenvalue weighted by Crippen LogP contribution is -2.02. The van der Waals surface area contributed by atoms with Crippen molar-refractivity contribution in [2.24, 2.45) is 0 Å². The van der Waals surface area contributed by atoms with E-state index in [0.29, 0.717) is 6.54 Å². The van der Waals surface area contributed by atoms with Crippen LogP contribution >= 0.6 is 0 Å². The first-order valence-corrected chi connectivity index (χ1v) is 6.38. The molecule has 1 aromatic carbocycles. The second-order valence-corrected chi connectivity index (χ2v) is 4.47. The molecule has 0 radical (unpaired) electrons. The summed E-state index contributed by atoms with van der Waals surface area (Å²) >= 11 is 0. The number of rotatable bonds is 4. The fourth-order valence-electron chi connectivity index (χ4n) is 2.20. The molecule has 0 spiro atoms. The van der Waals surface area contributed by atoms with E-state index in [1.807, 2.05) is 41.1 Å². The first-order valence-electron chi connectivity index (χ1n) is 6.38. The van der Waals surface area contributed by atoms with Gasteiger partial charge >= 0.3 is 0 Å². The Bertz CT molecular complexity index is 744. The predicted octanol–water partition coefficient (Wildman–Crippen LogP) is 3.13. The molecule has 3 rings (SSSR count). The second kappa shape index (κ2) is 5.17. The Kier molecular flexibility index (Phi) is 3.21. The Morgan fingerprint density at radius 2 is 2.05 bits per heavy atom. The van der Waals surface area contributed by atoms with Crippen molar-refractivity contribution in [1.82, 2.24) is 14.8 Å². The summed E-state index contributed by atoms with van der Waals surface area (Å²) in [7, 11) is 1.66. The topological polar surface area (TPSA) is 39.9 Å². The molecule has 2 aromatic heterocycles. The van der Waals surface area contributed by atoms with Crippen molar-refractivity contribution in [3.63, 3.8) is 0 Å². The van der Waals surface area contributed by atoms with Crippen LogP contribution in [0.2, 0.25) is 0 Å². The van der Waals surface area contributed by atoms with Crippen LogP contribution in [-0.2, 0) is 6.54 Å². The van der Waals surface area contributed by atoms with Crippen LogP contribution < -0.4 is 4.74 Å². The number of hydrogen-bond donors (Lipinski definition) is 0. The van der Waals surface area contributed by atoms with Gasteiger partial charge in [-0.05, 0) is 35.9 Å². The zero-order valence-electron chi connectivity index (χ0n) is 11.3. The molecule has 0 bridgehead atoms. The molecule has 0 saturated heterocycles. The molecule has 4 nitrogen and oxygen atoms in total. The monoisotopic (exact) mass is 265 g/mol. The van der Waals surface area contributed by atoms with Gasteiger partial charge in [-0.2, -0.15) is 5.10 Å². The summed E-state index contributed by atoms with van der Waals surface area (Å²) in [6.07, 6.45) is 3.54. The zero-order valence-corrected chi connectivity index (χ0v) is 11.3. The largest absolute Gasteiger partial charge is 0.497 e. The van der Waals surface area contributed by atoms with E-state index in [4.69, 9.17) is 4.74 Å². The van der Waals surface area contributed by atoms with Crippen LogP contribution in [0.1, 0.15) is 11.3 Å². The fraction of sp³-hybridized carbons (Fsp3) is 0.125. The smallest absolute Gasteiger partial charge is 0.158 e. The molecule has 0 aliphatic heterocycles. The molecular weight excluding hydrogens is 250 g/mol. The van der Waals surface area contributed by atoms with Crippen molar-refractivity contribution < 1.29 is 4.74 Å². The quantitative estimate of drug-likeness (QED) is 0.727. The van der Waals surface area contributed by atoms with Crippen molar-refractivity contribution >= 4 is 17.1 Å². The summed E-state index contributed by atoms with van der Waals surface area (Å²) in [5, 5.41) is 5.57. The number of methoxy groups -OCH3 is 1. The molecule has 2 heterocycles. The molecule has 0 atom stereocenters. The highest BCUT2D eigenvalue weighted by molar-refractivity contribution is 5.83. The Morgan fingerprint density at radius 3 is 2.75 bits per heavy atom. The number of ether oxygens (including phenoxy) is 1. The van der Waals surface area contributed by atoms with Gasteiger partial charge in [0.2, 0.25) is 0 Å². The van der Waals surface area contributed by atoms with Crippen LogP contribution in [-0.4, -0.2) is 21.9 Å². The predicted molar refractivity (Wildman–Crippen MR) is 79.7 cm³/mol. The van der Waals surface area contributed by atoms with Gasteiger partial charge in [0.1, 0.15) is 5.75 Å². The maximum absolute atomic E-state index is 5.16. The van der Waals surface area contributed by atoms with Gasteiger partial charge in [0, 0.05) is 11.6 Å². The highest BCUT2D eigenvalue weighted by Crippen LogP contribution is 2.19. The molecule has 0 saturated carbocycles. The van der Waals surface area contributed by atoms with Gasteiger partial charge in [-0.15, -0.1) is 0 Å². The summed E-state index contributed by atoms with van der Waals surface area (Å²) in [6.45, 7) is 4.48. The van der Waals surface area contributed by atoms with Gasteiger partial charge < -0.3 is 4.74 Å². The first kappa shape index (κ1) is 12.4. The highest BCUT2D eigenvalue weighted by atomic mass is 16.5. The fourth-order valence-corrected chi connectivity index (χ4v) is 2.20. The van der Waals surface area contributed by atoms with Gasteiger partial charge in [0.05, 0.1) is 19.3 Å². The number of nitrogens with zero attached hydrogens (tertiary/aromatic N) is 3. The van der Waals surface area contributed by atoms with Crippen molar-refractivity contribution in [3.8, 4) is 5.75 Å². The summed E-state index contributed by atoms with van der Waals surface area (Å²) < 4.78 is 7.06. The van der Waals surface area contributed by atoms with Gasteiger partial charge in [0.25, 0.3) is 0 Å². The van der Waals surface area contributed by atoms with Crippen LogP contribution in [0.25, 0.3) is 17.1 Å². The molecular formula is C16H15N3O. The van der Waals surface area contributed by atoms with E-state index in [1.54, 1.807) is 19.4 Å². The SMILES string of the molecule is C=Cc1nn(Cc2ccc(OC)cc2)c2ncccc12. The van der Waals surface area contributed by atoms with E-state index < -0.39 is 0 Å². The second-order valence-electron chi connectivity index (χ2n) is 4.47. The van der Waals surface area contributed by atoms with E-state index in [0.717, 1.165) is 28.0 Å². The van der Waals surface area contributed by atoms with E-state index in [9.17, 15) is 0 Å². The lowest BCUT2D eigenvalue weighted by molar-refractivity contribution is 0.414. The minimum Gasteiger partial charge on any atom is -0.497 e. The first-order chi connectivity index (χ1) is 9.81. The van der Waals surface area contributed by atoms with Crippen LogP contribution in [0.3, 0.4) is 0 Å². The van der Waals surface area contributed by atoms with E-state index >= 15 is 0 Å². The third-order valence-corrected chi connectivity index (χ3v) is 3.22. The summed E-state index contributed by atoms with van der Waals surface area (Å²) in [4.78, 5) is 4.41. The van der Waals surface area contributed by atoms with Crippen LogP contribution in [0.15, 0.2) is 49.2 Å². The van der Waals surface area contributed by atoms with Gasteiger partial charge in [-0.3, -0.25) is 0 Å². The van der Waals surface area contributed by atoms with Gasteiger partial charge in [-0.1, -0.05) is 18.7 Å². The molecule has 0 aliphatic rings. The van der Waals surface area contributed by atoms with Crippen molar-refractivity contribution in [2.75, 3.05) is 7.11 Å². The molecule has 0 fully saturated rings. The van der Waals surface area contributed by atoms with E-state index in [2.05, 4.69) is 16.7 Å². The molecule has 0 N–H and O–H groups in total. The minimum absolute atomic E-state index is 0.672. The minimum atomic E-state index is 0.672. The maximum Gasteiger partial charge on any atom is 0.158 e. The molecule has 100 valence electrons. The van der Waals surface area contributed by atoms with Crippen LogP contribution in [0.4, 0.5) is 0 Å². The number of pyridine rings is 1. The summed E-state index contributed by atoms with van der Waals surface area (Å²) in [5.74, 6) is 0.851. The Balaban J connectivity index is 1.99. The van der Waals surface area contributed by atoms with Crippen molar-refractivity contribution in [1.29, 1.82) is 0 Å². The molecule has 20 heavy (non-hydrogen) atoms. The average Bonchev–Trinajstić information content (AvgIpc) is 2.86. The van der Waals surface area contributed by atoms with Crippen LogP contribution in [0.5, 0.6) is 5.75 Å². The molecule has 4 heteroatoms. The number of fused-ring (bicyclic) bond motifs is 1.